The van der Waals surface area contributed by atoms with E-state index in [1.54, 1.807) is 19.2 Å². The number of para-hydroxylation sites is 1. The first-order valence-corrected chi connectivity index (χ1v) is 8.88. The fraction of sp³-hybridized carbons (Fsp3) is 0.312. The molecule has 2 N–H and O–H groups in total. The van der Waals surface area contributed by atoms with Gasteiger partial charge in [-0.05, 0) is 30.2 Å². The molecule has 0 fully saturated rings. The molecule has 2 rings (SSSR count). The third-order valence-corrected chi connectivity index (χ3v) is 4.84. The van der Waals surface area contributed by atoms with Crippen molar-refractivity contribution in [2.45, 2.75) is 6.42 Å². The van der Waals surface area contributed by atoms with Crippen molar-refractivity contribution in [3.63, 3.8) is 0 Å². The van der Waals surface area contributed by atoms with Gasteiger partial charge in [0.05, 0.1) is 19.0 Å². The molecule has 130 valence electrons. The Morgan fingerprint density at radius 2 is 1.92 bits per heavy atom. The summed E-state index contributed by atoms with van der Waals surface area (Å²) in [4.78, 5) is 4.21. The highest BCUT2D eigenvalue weighted by atomic mass is 32.2. The maximum atomic E-state index is 11.7. The van der Waals surface area contributed by atoms with Crippen LogP contribution in [0.15, 0.2) is 42.6 Å². The molecule has 1 aromatic heterocycles. The van der Waals surface area contributed by atoms with E-state index in [2.05, 4.69) is 15.0 Å². The predicted octanol–water partition coefficient (Wildman–Crippen LogP) is 1.96. The molecule has 2 aromatic rings. The maximum absolute atomic E-state index is 11.7. The van der Waals surface area contributed by atoms with Gasteiger partial charge in [0.25, 0.3) is 0 Å². The van der Waals surface area contributed by atoms with Crippen LogP contribution < -0.4 is 14.8 Å². The molecule has 0 saturated heterocycles. The molecule has 0 atom stereocenters. The van der Waals surface area contributed by atoms with Crippen molar-refractivity contribution in [1.82, 2.24) is 9.29 Å². The number of pyridine rings is 1. The van der Waals surface area contributed by atoms with E-state index < -0.39 is 10.2 Å². The van der Waals surface area contributed by atoms with E-state index in [0.29, 0.717) is 18.1 Å². The number of aromatic nitrogens is 1. The molecule has 0 spiro atoms. The second-order valence-electron chi connectivity index (χ2n) is 5.31. The summed E-state index contributed by atoms with van der Waals surface area (Å²) in [6, 6.07) is 11.3. The van der Waals surface area contributed by atoms with Gasteiger partial charge in [-0.1, -0.05) is 18.2 Å². The number of benzene rings is 1. The molecule has 0 amide bonds. The van der Waals surface area contributed by atoms with E-state index in [1.165, 1.54) is 20.3 Å². The van der Waals surface area contributed by atoms with Gasteiger partial charge >= 0.3 is 10.2 Å². The summed E-state index contributed by atoms with van der Waals surface area (Å²) in [7, 11) is 1.06. The molecule has 0 unspecified atom stereocenters. The van der Waals surface area contributed by atoms with Crippen molar-refractivity contribution in [3.05, 3.63) is 48.2 Å². The average molecular weight is 350 g/mol. The van der Waals surface area contributed by atoms with Gasteiger partial charge in [0.2, 0.25) is 0 Å². The molecule has 1 heterocycles. The number of methoxy groups -OCH3 is 1. The highest BCUT2D eigenvalue weighted by Gasteiger charge is 2.12. The first kappa shape index (κ1) is 18.0. The Morgan fingerprint density at radius 3 is 2.54 bits per heavy atom. The Labute approximate surface area is 142 Å². The largest absolute Gasteiger partial charge is 0.496 e. The summed E-state index contributed by atoms with van der Waals surface area (Å²) in [5.41, 5.74) is 1.53. The first-order valence-electron chi connectivity index (χ1n) is 7.44. The SMILES string of the molecule is COc1ccccc1CCNc1ccc(NS(=O)(=O)N(C)C)cn1. The maximum Gasteiger partial charge on any atom is 0.301 e. The van der Waals surface area contributed by atoms with Gasteiger partial charge in [0.1, 0.15) is 11.6 Å². The molecule has 24 heavy (non-hydrogen) atoms. The van der Waals surface area contributed by atoms with Gasteiger partial charge in [-0.2, -0.15) is 12.7 Å². The standard InChI is InChI=1S/C16H22N4O3S/c1-20(2)24(21,22)19-14-8-9-16(18-12-14)17-11-10-13-6-4-5-7-15(13)23-3/h4-9,12,19H,10-11H2,1-3H3,(H,17,18). The Balaban J connectivity index is 1.90. The van der Waals surface area contributed by atoms with Crippen LogP contribution >= 0.6 is 0 Å². The van der Waals surface area contributed by atoms with Crippen LogP contribution in [0.4, 0.5) is 11.5 Å². The fourth-order valence-electron chi connectivity index (χ4n) is 2.03. The molecular formula is C16H22N4O3S. The molecule has 0 bridgehead atoms. The summed E-state index contributed by atoms with van der Waals surface area (Å²) in [6.45, 7) is 0.691. The number of nitrogens with one attached hydrogen (secondary N) is 2. The smallest absolute Gasteiger partial charge is 0.301 e. The minimum atomic E-state index is -3.52. The van der Waals surface area contributed by atoms with Gasteiger partial charge in [0, 0.05) is 20.6 Å². The number of hydrogen-bond acceptors (Lipinski definition) is 5. The highest BCUT2D eigenvalue weighted by molar-refractivity contribution is 7.90. The van der Waals surface area contributed by atoms with Crippen molar-refractivity contribution in [2.24, 2.45) is 0 Å². The summed E-state index contributed by atoms with van der Waals surface area (Å²) in [6.07, 6.45) is 2.27. The Hall–Kier alpha value is -2.32. The van der Waals surface area contributed by atoms with Crippen LogP contribution in [0.5, 0.6) is 5.75 Å². The molecule has 1 aromatic carbocycles. The van der Waals surface area contributed by atoms with E-state index in [-0.39, 0.29) is 0 Å². The van der Waals surface area contributed by atoms with Gasteiger partial charge in [-0.15, -0.1) is 0 Å². The Bertz CT molecular complexity index is 761. The van der Waals surface area contributed by atoms with Crippen LogP contribution in [0.1, 0.15) is 5.56 Å². The number of anilines is 2. The summed E-state index contributed by atoms with van der Waals surface area (Å²) < 4.78 is 32.3. The number of hydrogen-bond donors (Lipinski definition) is 2. The van der Waals surface area contributed by atoms with Gasteiger partial charge in [-0.3, -0.25) is 4.72 Å². The molecule has 8 heteroatoms. The zero-order valence-electron chi connectivity index (χ0n) is 14.0. The Morgan fingerprint density at radius 1 is 1.17 bits per heavy atom. The quantitative estimate of drug-likeness (QED) is 0.760. The third-order valence-electron chi connectivity index (χ3n) is 3.38. The highest BCUT2D eigenvalue weighted by Crippen LogP contribution is 2.18. The molecule has 7 nitrogen and oxygen atoms in total. The lowest BCUT2D eigenvalue weighted by Crippen LogP contribution is -2.28. The van der Waals surface area contributed by atoms with Crippen molar-refractivity contribution in [3.8, 4) is 5.75 Å². The zero-order chi connectivity index (χ0) is 17.6. The first-order chi connectivity index (χ1) is 11.4. The minimum Gasteiger partial charge on any atom is -0.496 e. The van der Waals surface area contributed by atoms with Crippen LogP contribution in [0, 0.1) is 0 Å². The van der Waals surface area contributed by atoms with E-state index in [1.807, 2.05) is 24.3 Å². The Kier molecular flexibility index (Phi) is 5.99. The molecular weight excluding hydrogens is 328 g/mol. The molecule has 0 aliphatic carbocycles. The van der Waals surface area contributed by atoms with Crippen LogP contribution in [-0.4, -0.2) is 45.5 Å². The van der Waals surface area contributed by atoms with Crippen LogP contribution in [0.25, 0.3) is 0 Å². The number of rotatable bonds is 8. The van der Waals surface area contributed by atoms with E-state index >= 15 is 0 Å². The second-order valence-corrected chi connectivity index (χ2v) is 7.19. The lowest BCUT2D eigenvalue weighted by Gasteiger charge is -2.13. The van der Waals surface area contributed by atoms with Gasteiger partial charge in [-0.25, -0.2) is 4.98 Å². The lowest BCUT2D eigenvalue weighted by molar-refractivity contribution is 0.410. The van der Waals surface area contributed by atoms with Crippen molar-refractivity contribution in [1.29, 1.82) is 0 Å². The van der Waals surface area contributed by atoms with E-state index in [0.717, 1.165) is 22.0 Å². The van der Waals surface area contributed by atoms with Crippen molar-refractivity contribution < 1.29 is 13.2 Å². The fourth-order valence-corrected chi connectivity index (χ4v) is 2.63. The minimum absolute atomic E-state index is 0.416. The van der Waals surface area contributed by atoms with Crippen LogP contribution in [0.2, 0.25) is 0 Å². The molecule has 0 saturated carbocycles. The predicted molar refractivity (Wildman–Crippen MR) is 95.7 cm³/mol. The lowest BCUT2D eigenvalue weighted by atomic mass is 10.1. The van der Waals surface area contributed by atoms with Crippen molar-refractivity contribution in [2.75, 3.05) is 37.8 Å². The van der Waals surface area contributed by atoms with Gasteiger partial charge < -0.3 is 10.1 Å². The summed E-state index contributed by atoms with van der Waals surface area (Å²) in [5.74, 6) is 1.54. The van der Waals surface area contributed by atoms with Crippen LogP contribution in [-0.2, 0) is 16.6 Å². The second kappa shape index (κ2) is 7.98. The number of ether oxygens (including phenoxy) is 1. The summed E-state index contributed by atoms with van der Waals surface area (Å²) in [5, 5.41) is 3.20. The monoisotopic (exact) mass is 350 g/mol. The number of nitrogens with zero attached hydrogens (tertiary/aromatic N) is 2. The van der Waals surface area contributed by atoms with Crippen molar-refractivity contribution >= 4 is 21.7 Å². The molecule has 0 radical (unpaired) electrons. The average Bonchev–Trinajstić information content (AvgIpc) is 2.56. The topological polar surface area (TPSA) is 83.6 Å². The zero-order valence-corrected chi connectivity index (χ0v) is 14.8. The van der Waals surface area contributed by atoms with E-state index in [9.17, 15) is 8.42 Å². The molecule has 0 aliphatic heterocycles. The van der Waals surface area contributed by atoms with Crippen LogP contribution in [0.3, 0.4) is 0 Å². The van der Waals surface area contributed by atoms with Gasteiger partial charge in [0.15, 0.2) is 0 Å². The summed E-state index contributed by atoms with van der Waals surface area (Å²) >= 11 is 0. The molecule has 0 aliphatic rings. The third kappa shape index (κ3) is 4.84. The van der Waals surface area contributed by atoms with E-state index in [4.69, 9.17) is 4.74 Å². The normalized spacial score (nSPS) is 11.3.